The Kier molecular flexibility index (Phi) is 7.47. The van der Waals surface area contributed by atoms with Gasteiger partial charge in [0, 0.05) is 12.1 Å². The van der Waals surface area contributed by atoms with Crippen molar-refractivity contribution in [2.75, 3.05) is 12.3 Å². The third kappa shape index (κ3) is 4.58. The van der Waals surface area contributed by atoms with E-state index in [1.807, 2.05) is 0 Å². The molecule has 0 aromatic heterocycles. The van der Waals surface area contributed by atoms with Gasteiger partial charge in [-0.3, -0.25) is 9.59 Å². The lowest BCUT2D eigenvalue weighted by Crippen LogP contribution is -2.28. The maximum Gasteiger partial charge on any atom is 0.326 e. The third-order valence-electron chi connectivity index (χ3n) is 2.23. The van der Waals surface area contributed by atoms with Gasteiger partial charge in [-0.1, -0.05) is 18.2 Å². The summed E-state index contributed by atoms with van der Waals surface area (Å²) in [5.41, 5.74) is 6.94. The SMILES string of the molecule is CCOC(=O)C(S)C(=O)Cc1ccccc1N.Cl. The van der Waals surface area contributed by atoms with Crippen LogP contribution >= 0.6 is 25.0 Å². The monoisotopic (exact) mass is 289 g/mol. The van der Waals surface area contributed by atoms with E-state index in [-0.39, 0.29) is 31.2 Å². The molecule has 0 radical (unpaired) electrons. The molecule has 0 saturated carbocycles. The number of ketones is 1. The molecule has 0 fully saturated rings. The average molecular weight is 290 g/mol. The van der Waals surface area contributed by atoms with Crippen LogP contribution in [0, 0.1) is 0 Å². The first-order valence-electron chi connectivity index (χ1n) is 5.27. The number of nitrogens with two attached hydrogens (primary N) is 1. The fourth-order valence-corrected chi connectivity index (χ4v) is 1.50. The first kappa shape index (κ1) is 16.8. The van der Waals surface area contributed by atoms with Crippen molar-refractivity contribution in [2.45, 2.75) is 18.6 Å². The predicted octanol–water partition coefficient (Wildman–Crippen LogP) is 1.66. The highest BCUT2D eigenvalue weighted by Gasteiger charge is 2.24. The number of ether oxygens (including phenoxy) is 1. The third-order valence-corrected chi connectivity index (χ3v) is 2.73. The van der Waals surface area contributed by atoms with Gasteiger partial charge in [-0.05, 0) is 18.6 Å². The topological polar surface area (TPSA) is 69.4 Å². The molecule has 2 N–H and O–H groups in total. The number of para-hydroxylation sites is 1. The average Bonchev–Trinajstić information content (AvgIpc) is 2.31. The number of anilines is 1. The van der Waals surface area contributed by atoms with E-state index in [1.165, 1.54) is 0 Å². The molecule has 0 heterocycles. The Labute approximate surface area is 118 Å². The molecule has 1 rings (SSSR count). The van der Waals surface area contributed by atoms with Crippen LogP contribution in [-0.2, 0) is 20.7 Å². The fourth-order valence-electron chi connectivity index (χ4n) is 1.33. The van der Waals surface area contributed by atoms with E-state index in [0.717, 1.165) is 0 Å². The maximum absolute atomic E-state index is 11.7. The van der Waals surface area contributed by atoms with Gasteiger partial charge in [0.1, 0.15) is 0 Å². The van der Waals surface area contributed by atoms with Crippen molar-refractivity contribution in [3.8, 4) is 0 Å². The number of carbonyl (C=O) groups is 2. The summed E-state index contributed by atoms with van der Waals surface area (Å²) in [6.07, 6.45) is 0.0830. The van der Waals surface area contributed by atoms with Gasteiger partial charge in [-0.25, -0.2) is 0 Å². The van der Waals surface area contributed by atoms with E-state index < -0.39 is 11.2 Å². The van der Waals surface area contributed by atoms with Crippen molar-refractivity contribution in [2.24, 2.45) is 0 Å². The minimum Gasteiger partial charge on any atom is -0.465 e. The summed E-state index contributed by atoms with van der Waals surface area (Å²) in [4.78, 5) is 23.1. The molecule has 6 heteroatoms. The van der Waals surface area contributed by atoms with Gasteiger partial charge in [0.2, 0.25) is 0 Å². The molecule has 1 atom stereocenters. The zero-order valence-electron chi connectivity index (χ0n) is 9.96. The quantitative estimate of drug-likeness (QED) is 0.374. The van der Waals surface area contributed by atoms with Crippen LogP contribution in [0.1, 0.15) is 12.5 Å². The van der Waals surface area contributed by atoms with Crippen LogP contribution < -0.4 is 5.73 Å². The number of hydrogen-bond donors (Lipinski definition) is 2. The van der Waals surface area contributed by atoms with Crippen LogP contribution in [0.4, 0.5) is 5.69 Å². The Morgan fingerprint density at radius 3 is 2.56 bits per heavy atom. The molecule has 0 bridgehead atoms. The normalized spacial score (nSPS) is 11.2. The molecule has 1 aromatic carbocycles. The van der Waals surface area contributed by atoms with Gasteiger partial charge in [-0.15, -0.1) is 12.4 Å². The van der Waals surface area contributed by atoms with Crippen LogP contribution in [0.2, 0.25) is 0 Å². The number of esters is 1. The lowest BCUT2D eigenvalue weighted by Gasteiger charge is -2.09. The lowest BCUT2D eigenvalue weighted by atomic mass is 10.1. The second-order valence-corrected chi connectivity index (χ2v) is 4.01. The zero-order valence-corrected chi connectivity index (χ0v) is 11.7. The summed E-state index contributed by atoms with van der Waals surface area (Å²) in [5.74, 6) is -0.931. The molecule has 18 heavy (non-hydrogen) atoms. The zero-order chi connectivity index (χ0) is 12.8. The van der Waals surface area contributed by atoms with Crippen LogP contribution in [0.15, 0.2) is 24.3 Å². The predicted molar refractivity (Wildman–Crippen MR) is 76.2 cm³/mol. The molecular formula is C12H16ClNO3S. The van der Waals surface area contributed by atoms with Crippen LogP contribution in [0.3, 0.4) is 0 Å². The van der Waals surface area contributed by atoms with E-state index in [4.69, 9.17) is 10.5 Å². The van der Waals surface area contributed by atoms with Gasteiger partial charge < -0.3 is 10.5 Å². The van der Waals surface area contributed by atoms with Crippen molar-refractivity contribution in [1.82, 2.24) is 0 Å². The molecule has 4 nitrogen and oxygen atoms in total. The van der Waals surface area contributed by atoms with E-state index in [0.29, 0.717) is 11.3 Å². The number of nitrogen functional groups attached to an aromatic ring is 1. The summed E-state index contributed by atoms with van der Waals surface area (Å²) in [5, 5.41) is -1.05. The second kappa shape index (κ2) is 8.00. The van der Waals surface area contributed by atoms with Crippen molar-refractivity contribution >= 4 is 42.5 Å². The number of benzene rings is 1. The Balaban J connectivity index is 0.00000289. The highest BCUT2D eigenvalue weighted by molar-refractivity contribution is 7.82. The molecule has 0 amide bonds. The summed E-state index contributed by atoms with van der Waals surface area (Å²) in [7, 11) is 0. The van der Waals surface area contributed by atoms with Crippen LogP contribution in [-0.4, -0.2) is 23.6 Å². The van der Waals surface area contributed by atoms with E-state index in [2.05, 4.69) is 12.6 Å². The van der Waals surface area contributed by atoms with Gasteiger partial charge in [0.25, 0.3) is 0 Å². The molecular weight excluding hydrogens is 274 g/mol. The Morgan fingerprint density at radius 1 is 1.39 bits per heavy atom. The second-order valence-electron chi connectivity index (χ2n) is 3.50. The lowest BCUT2D eigenvalue weighted by molar-refractivity contribution is -0.144. The van der Waals surface area contributed by atoms with Crippen LogP contribution in [0.5, 0.6) is 0 Å². The highest BCUT2D eigenvalue weighted by atomic mass is 35.5. The summed E-state index contributed by atoms with van der Waals surface area (Å²) >= 11 is 3.95. The molecule has 1 unspecified atom stereocenters. The minimum atomic E-state index is -1.05. The van der Waals surface area contributed by atoms with Crippen molar-refractivity contribution in [1.29, 1.82) is 0 Å². The van der Waals surface area contributed by atoms with Crippen molar-refractivity contribution in [3.05, 3.63) is 29.8 Å². The highest BCUT2D eigenvalue weighted by Crippen LogP contribution is 2.14. The minimum absolute atomic E-state index is 0. The number of thiol groups is 1. The maximum atomic E-state index is 11.7. The largest absolute Gasteiger partial charge is 0.465 e. The molecule has 0 aliphatic rings. The number of rotatable bonds is 5. The number of halogens is 1. The molecule has 1 aromatic rings. The van der Waals surface area contributed by atoms with Gasteiger partial charge in [0.05, 0.1) is 6.61 Å². The molecule has 0 spiro atoms. The van der Waals surface area contributed by atoms with Crippen molar-refractivity contribution < 1.29 is 14.3 Å². The molecule has 100 valence electrons. The molecule has 0 aliphatic heterocycles. The summed E-state index contributed by atoms with van der Waals surface area (Å²) in [6.45, 7) is 1.91. The Morgan fingerprint density at radius 2 is 2.00 bits per heavy atom. The van der Waals surface area contributed by atoms with Gasteiger partial charge in [0.15, 0.2) is 11.0 Å². The Hall–Kier alpha value is -1.20. The van der Waals surface area contributed by atoms with E-state index in [9.17, 15) is 9.59 Å². The molecule has 0 aliphatic carbocycles. The first-order chi connectivity index (χ1) is 8.06. The van der Waals surface area contributed by atoms with Gasteiger partial charge >= 0.3 is 5.97 Å². The Bertz CT molecular complexity index is 426. The fraction of sp³-hybridized carbons (Fsp3) is 0.333. The van der Waals surface area contributed by atoms with Crippen molar-refractivity contribution in [3.63, 3.8) is 0 Å². The van der Waals surface area contributed by atoms with E-state index >= 15 is 0 Å². The first-order valence-corrected chi connectivity index (χ1v) is 5.78. The molecule has 0 saturated heterocycles. The number of Topliss-reactive ketones (excluding diaryl/α,β-unsaturated/α-hetero) is 1. The summed E-state index contributed by atoms with van der Waals surface area (Å²) in [6, 6.07) is 7.03. The summed E-state index contributed by atoms with van der Waals surface area (Å²) < 4.78 is 4.73. The van der Waals surface area contributed by atoms with Crippen LogP contribution in [0.25, 0.3) is 0 Å². The number of carbonyl (C=O) groups excluding carboxylic acids is 2. The standard InChI is InChI=1S/C12H15NO3S.ClH/c1-2-16-12(15)11(17)10(14)7-8-5-3-4-6-9(8)13;/h3-6,11,17H,2,7,13H2,1H3;1H. The smallest absolute Gasteiger partial charge is 0.326 e. The van der Waals surface area contributed by atoms with Gasteiger partial charge in [-0.2, -0.15) is 12.6 Å². The number of hydrogen-bond acceptors (Lipinski definition) is 5. The van der Waals surface area contributed by atoms with E-state index in [1.54, 1.807) is 31.2 Å².